The Balaban J connectivity index is 1.06. The molecule has 0 unspecified atom stereocenters. The second-order valence-electron chi connectivity index (χ2n) is 18.2. The van der Waals surface area contributed by atoms with Gasteiger partial charge in [0.15, 0.2) is 0 Å². The third-order valence-electron chi connectivity index (χ3n) is 12.6. The van der Waals surface area contributed by atoms with E-state index in [9.17, 15) is 39.4 Å². The summed E-state index contributed by atoms with van der Waals surface area (Å²) in [4.78, 5) is 49.8. The molecule has 5 atom stereocenters. The summed E-state index contributed by atoms with van der Waals surface area (Å²) in [6, 6.07) is 3.62. The number of rotatable bonds is 18. The van der Waals surface area contributed by atoms with Gasteiger partial charge in [0.2, 0.25) is 11.8 Å². The third-order valence-corrected chi connectivity index (χ3v) is 18.3. The molecule has 15 nitrogen and oxygen atoms in total. The highest BCUT2D eigenvalue weighted by molar-refractivity contribution is 7.98. The molecule has 0 radical (unpaired) electrons. The first-order chi connectivity index (χ1) is 29.8. The van der Waals surface area contributed by atoms with Gasteiger partial charge in [-0.3, -0.25) is 18.9 Å². The molecule has 3 amide bonds. The highest BCUT2D eigenvalue weighted by Crippen LogP contribution is 2.67. The molecule has 7 rings (SSSR count). The third kappa shape index (κ3) is 10.2. The maximum atomic E-state index is 16.5. The molecule has 3 aliphatic heterocycles. The number of alkyl halides is 2. The summed E-state index contributed by atoms with van der Waals surface area (Å²) in [6.45, 7) is 5.79. The zero-order valence-electron chi connectivity index (χ0n) is 35.7. The minimum Gasteiger partial charge on any atom is -0.395 e. The van der Waals surface area contributed by atoms with Gasteiger partial charge in [-0.05, 0) is 67.5 Å². The molecule has 21 heteroatoms. The Morgan fingerprint density at radius 2 is 1.57 bits per heavy atom. The van der Waals surface area contributed by atoms with Crippen molar-refractivity contribution >= 4 is 79.5 Å². The Labute approximate surface area is 376 Å². The molecule has 0 bridgehead atoms. The molecule has 63 heavy (non-hydrogen) atoms. The summed E-state index contributed by atoms with van der Waals surface area (Å²) in [6.07, 6.45) is 8.79. The van der Waals surface area contributed by atoms with Crippen LogP contribution in [0.2, 0.25) is 0 Å². The van der Waals surface area contributed by atoms with Crippen LogP contribution in [-0.4, -0.2) is 137 Å². The summed E-state index contributed by atoms with van der Waals surface area (Å²) in [5.74, 6) is -0.301. The van der Waals surface area contributed by atoms with E-state index < -0.39 is 60.9 Å². The molecule has 4 fully saturated rings. The second-order valence-corrected chi connectivity index (χ2v) is 23.7. The van der Waals surface area contributed by atoms with Gasteiger partial charge in [-0.25, -0.2) is 4.98 Å². The number of hydrogen-bond acceptors (Lipinski definition) is 10. The van der Waals surface area contributed by atoms with Crippen LogP contribution in [0, 0.1) is 22.7 Å². The number of nitrogens with zero attached hydrogens (tertiary/aromatic N) is 4. The number of aliphatic hydroxyl groups excluding tert-OH is 4. The van der Waals surface area contributed by atoms with Gasteiger partial charge in [0.05, 0.1) is 53.8 Å². The van der Waals surface area contributed by atoms with Gasteiger partial charge in [0.25, 0.3) is 5.91 Å². The van der Waals surface area contributed by atoms with E-state index in [1.165, 1.54) is 12.1 Å². The Bertz CT molecular complexity index is 2240. The maximum Gasteiger partial charge on any atom is 0.404 e. The number of thiophene rings is 1. The molecule has 1 saturated carbocycles. The summed E-state index contributed by atoms with van der Waals surface area (Å²) in [5.41, 5.74) is -6.78. The lowest BCUT2D eigenvalue weighted by Crippen LogP contribution is -2.60. The molecule has 1 aliphatic carbocycles. The summed E-state index contributed by atoms with van der Waals surface area (Å²) >= 11 is 1.61. The zero-order chi connectivity index (χ0) is 45.5. The summed E-state index contributed by atoms with van der Waals surface area (Å²) in [5, 5.41) is 42.9. The molecule has 3 saturated heterocycles. The number of carbonyl (C=O) groups excluding carboxylic acids is 3. The van der Waals surface area contributed by atoms with Gasteiger partial charge in [-0.1, -0.05) is 33.8 Å². The van der Waals surface area contributed by atoms with Crippen LogP contribution >= 0.6 is 41.6 Å². The van der Waals surface area contributed by atoms with Gasteiger partial charge < -0.3 is 49.2 Å². The number of aliphatic hydroxyl groups is 4. The van der Waals surface area contributed by atoms with Crippen LogP contribution in [0.5, 0.6) is 0 Å². The van der Waals surface area contributed by atoms with Gasteiger partial charge in [-0.2, -0.15) is 31.5 Å². The smallest absolute Gasteiger partial charge is 0.395 e. The predicted molar refractivity (Wildman–Crippen MR) is 244 cm³/mol. The average Bonchev–Trinajstić information content (AvgIpc) is 3.63. The minimum atomic E-state index is -5.30. The Morgan fingerprint density at radius 3 is 2.17 bits per heavy atom. The largest absolute Gasteiger partial charge is 0.404 e. The highest BCUT2D eigenvalue weighted by Gasteiger charge is 2.56. The van der Waals surface area contributed by atoms with Gasteiger partial charge in [-0.15, -0.1) is 11.3 Å². The normalized spacial score (nSPS) is 24.9. The number of nitrogens with one attached hydrogen (secondary N) is 1. The second kappa shape index (κ2) is 19.1. The quantitative estimate of drug-likeness (QED) is 0.0358. The van der Waals surface area contributed by atoms with Crippen molar-refractivity contribution in [1.82, 2.24) is 24.7 Å². The lowest BCUT2D eigenvalue weighted by molar-refractivity contribution is -0.150. The van der Waals surface area contributed by atoms with E-state index in [1.54, 1.807) is 50.0 Å². The minimum absolute atomic E-state index is 0.0374. The number of thiol groups is 2. The first-order valence-corrected chi connectivity index (χ1v) is 25.7. The maximum absolute atomic E-state index is 16.5. The van der Waals surface area contributed by atoms with Crippen molar-refractivity contribution in [2.45, 2.75) is 89.6 Å². The van der Waals surface area contributed by atoms with Crippen LogP contribution < -0.4 is 5.32 Å². The van der Waals surface area contributed by atoms with Gasteiger partial charge in [0, 0.05) is 64.1 Å². The molecule has 2 aromatic heterocycles. The van der Waals surface area contributed by atoms with Crippen LogP contribution in [0.4, 0.5) is 8.78 Å². The van der Waals surface area contributed by atoms with Crippen LogP contribution in [0.15, 0.2) is 43.0 Å². The Morgan fingerprint density at radius 1 is 0.937 bits per heavy atom. The Kier molecular flexibility index (Phi) is 14.6. The predicted octanol–water partition coefficient (Wildman–Crippen LogP) is 5.69. The van der Waals surface area contributed by atoms with Crippen molar-refractivity contribution < 1.29 is 57.2 Å². The number of hydrogen-bond donors (Lipinski definition) is 7. The van der Waals surface area contributed by atoms with E-state index in [0.29, 0.717) is 43.0 Å². The molecule has 4 aliphatic rings. The molecular weight excluding hydrogens is 900 g/mol. The molecule has 5 N–H and O–H groups in total. The van der Waals surface area contributed by atoms with Crippen LogP contribution in [0.3, 0.4) is 0 Å². The van der Waals surface area contributed by atoms with Crippen molar-refractivity contribution in [2.75, 3.05) is 51.0 Å². The van der Waals surface area contributed by atoms with E-state index in [-0.39, 0.29) is 97.6 Å². The van der Waals surface area contributed by atoms with Crippen molar-refractivity contribution in [3.05, 3.63) is 53.4 Å². The molecule has 3 aromatic rings. The fourth-order valence-corrected chi connectivity index (χ4v) is 12.8. The zero-order valence-corrected chi connectivity index (χ0v) is 39.2. The Hall–Kier alpha value is -2.91. The number of carbonyl (C=O) groups is 3. The van der Waals surface area contributed by atoms with Crippen LogP contribution in [0.1, 0.15) is 81.1 Å². The van der Waals surface area contributed by atoms with E-state index in [1.807, 2.05) is 10.8 Å². The number of amides is 3. The number of fused-ring (bicyclic) bond motifs is 3. The SMILES string of the molecule is CC(C)(CO)C(O)=[SH]CCOP(=O)(OCC[SH]=C(O)C(C)(C)CO)C(F)(F)c1ccc2sc(C(=O)N[C@H]3C[C@@H]4C[C@@H]4C[C@H]4CC[C@@H](C(=O)N5CC(n6ccnc6)C5)N4C3=O)cc2c1. The number of aromatic nitrogens is 2. The topological polar surface area (TPSA) is 204 Å². The van der Waals surface area contributed by atoms with Crippen molar-refractivity contribution in [2.24, 2.45) is 22.7 Å². The number of imidazole rings is 1. The molecular formula is C42H58F2N5O10PS3. The number of likely N-dealkylation sites (tertiary alicyclic amines) is 1. The van der Waals surface area contributed by atoms with Crippen LogP contribution in [0.25, 0.3) is 10.1 Å². The van der Waals surface area contributed by atoms with E-state index in [0.717, 1.165) is 36.3 Å². The van der Waals surface area contributed by atoms with Crippen molar-refractivity contribution in [1.29, 1.82) is 0 Å². The summed E-state index contributed by atoms with van der Waals surface area (Å²) < 4.78 is 60.4. The van der Waals surface area contributed by atoms with E-state index >= 15 is 8.78 Å². The first kappa shape index (κ1) is 48.0. The lowest BCUT2D eigenvalue weighted by atomic mass is 9.97. The van der Waals surface area contributed by atoms with Crippen molar-refractivity contribution in [3.8, 4) is 0 Å². The van der Waals surface area contributed by atoms with Crippen molar-refractivity contribution in [3.63, 3.8) is 0 Å². The monoisotopic (exact) mass is 957 g/mol. The van der Waals surface area contributed by atoms with E-state index in [2.05, 4.69) is 10.3 Å². The number of halogens is 2. The molecule has 1 aromatic carbocycles. The lowest BCUT2D eigenvalue weighted by Gasteiger charge is -2.43. The fourth-order valence-electron chi connectivity index (χ4n) is 8.28. The fraction of sp³-hybridized carbons (Fsp3) is 0.619. The summed E-state index contributed by atoms with van der Waals surface area (Å²) in [7, 11) is -5.30. The van der Waals surface area contributed by atoms with Gasteiger partial charge in [0.1, 0.15) is 12.1 Å². The molecule has 0 spiro atoms. The molecule has 5 heterocycles. The van der Waals surface area contributed by atoms with Gasteiger partial charge >= 0.3 is 13.3 Å². The molecule has 348 valence electrons. The first-order valence-electron chi connectivity index (χ1n) is 21.2. The highest BCUT2D eigenvalue weighted by atomic mass is 32.1. The number of benzene rings is 1. The van der Waals surface area contributed by atoms with E-state index in [4.69, 9.17) is 9.05 Å². The van der Waals surface area contributed by atoms with Crippen LogP contribution in [-0.2, 0) is 28.9 Å². The average molecular weight is 958 g/mol. The standard InChI is InChI=1S/C42H58F2N5O10PS3/c1-40(2,22-50)38(55)61-13-11-58-60(57,59-12-14-62-39(56)41(3,4)23-51)42(43,44)28-5-8-33-27(16-28)19-34(63-33)35(52)46-31-18-26-15-25(26)17-29-6-7-32(49(29)36(31)53)37(54)48-20-30(21-48)47-10-9-45-24-47/h5,8-10,16,19,24-26,29-32,50-51,55-56,61-62H,6-7,11-15,17-18,20-23H2,1-4H3,(H,46,52)/t25-,26+,29-,31+,32+/m1/s1.